The molecule has 3 heteroatoms. The molecule has 2 nitrogen and oxygen atoms in total. The second-order valence-corrected chi connectivity index (χ2v) is 4.74. The Hall–Kier alpha value is 0.270. The standard InChI is InChI=1S/C7H18N2S/c1-7(6-8(2)3)10-9(4)5/h7H,6H2,1-5H3/t7-/m1/s1. The van der Waals surface area contributed by atoms with Crippen LogP contribution >= 0.6 is 11.9 Å². The maximum absolute atomic E-state index is 2.24. The Labute approximate surface area is 68.7 Å². The van der Waals surface area contributed by atoms with Gasteiger partial charge in [0.25, 0.3) is 0 Å². The smallest absolute Gasteiger partial charge is 0.0293 e. The van der Waals surface area contributed by atoms with Crippen LogP contribution in [0, 0.1) is 0 Å². The van der Waals surface area contributed by atoms with E-state index in [9.17, 15) is 0 Å². The molecule has 0 bridgehead atoms. The predicted octanol–water partition coefficient (Wildman–Crippen LogP) is 1.15. The zero-order chi connectivity index (χ0) is 8.15. The Balaban J connectivity index is 3.34. The van der Waals surface area contributed by atoms with E-state index in [2.05, 4.69) is 44.3 Å². The van der Waals surface area contributed by atoms with Gasteiger partial charge in [-0.05, 0) is 28.2 Å². The van der Waals surface area contributed by atoms with Gasteiger partial charge in [0.15, 0.2) is 0 Å². The average molecular weight is 162 g/mol. The Kier molecular flexibility index (Phi) is 5.13. The highest BCUT2D eigenvalue weighted by atomic mass is 32.2. The first-order chi connectivity index (χ1) is 4.52. The van der Waals surface area contributed by atoms with Gasteiger partial charge in [0.2, 0.25) is 0 Å². The van der Waals surface area contributed by atoms with E-state index in [0.29, 0.717) is 5.25 Å². The largest absolute Gasteiger partial charge is 0.308 e. The molecule has 0 aliphatic heterocycles. The molecule has 0 spiro atoms. The molecule has 0 fully saturated rings. The van der Waals surface area contributed by atoms with E-state index < -0.39 is 0 Å². The van der Waals surface area contributed by atoms with Crippen molar-refractivity contribution in [1.29, 1.82) is 0 Å². The minimum absolute atomic E-state index is 0.685. The number of rotatable bonds is 4. The highest BCUT2D eigenvalue weighted by Gasteiger charge is 2.04. The monoisotopic (exact) mass is 162 g/mol. The fourth-order valence-electron chi connectivity index (χ4n) is 0.907. The van der Waals surface area contributed by atoms with Gasteiger partial charge < -0.3 is 4.90 Å². The van der Waals surface area contributed by atoms with Crippen molar-refractivity contribution in [2.45, 2.75) is 12.2 Å². The molecule has 0 saturated carbocycles. The Morgan fingerprint density at radius 2 is 1.70 bits per heavy atom. The average Bonchev–Trinajstić information content (AvgIpc) is 1.58. The first kappa shape index (κ1) is 10.3. The number of nitrogens with zero attached hydrogens (tertiary/aromatic N) is 2. The van der Waals surface area contributed by atoms with Crippen LogP contribution in [0.5, 0.6) is 0 Å². The maximum Gasteiger partial charge on any atom is 0.0293 e. The quantitative estimate of drug-likeness (QED) is 0.573. The van der Waals surface area contributed by atoms with Crippen molar-refractivity contribution in [3.63, 3.8) is 0 Å². The molecular weight excluding hydrogens is 144 g/mol. The van der Waals surface area contributed by atoms with Crippen molar-refractivity contribution < 1.29 is 0 Å². The Morgan fingerprint density at radius 3 is 2.00 bits per heavy atom. The van der Waals surface area contributed by atoms with Gasteiger partial charge >= 0.3 is 0 Å². The van der Waals surface area contributed by atoms with E-state index in [1.165, 1.54) is 0 Å². The van der Waals surface area contributed by atoms with E-state index in [1.807, 2.05) is 11.9 Å². The number of hydrogen-bond donors (Lipinski definition) is 0. The molecule has 1 atom stereocenters. The summed E-state index contributed by atoms with van der Waals surface area (Å²) < 4.78 is 2.15. The SMILES string of the molecule is C[C@H](CN(C)C)SN(C)C. The molecule has 0 aromatic carbocycles. The summed E-state index contributed by atoms with van der Waals surface area (Å²) in [6, 6.07) is 0. The maximum atomic E-state index is 2.24. The van der Waals surface area contributed by atoms with Crippen molar-refractivity contribution >= 4 is 11.9 Å². The minimum atomic E-state index is 0.685. The summed E-state index contributed by atoms with van der Waals surface area (Å²) in [5, 5.41) is 0.685. The van der Waals surface area contributed by atoms with Gasteiger partial charge in [0.1, 0.15) is 0 Å². The van der Waals surface area contributed by atoms with Crippen LogP contribution in [0.25, 0.3) is 0 Å². The van der Waals surface area contributed by atoms with Crippen LogP contribution in [-0.2, 0) is 0 Å². The van der Waals surface area contributed by atoms with Gasteiger partial charge in [-0.15, -0.1) is 0 Å². The van der Waals surface area contributed by atoms with Gasteiger partial charge in [-0.25, -0.2) is 0 Å². The molecule has 0 unspecified atom stereocenters. The molecule has 0 N–H and O–H groups in total. The summed E-state index contributed by atoms with van der Waals surface area (Å²) in [4.78, 5) is 2.21. The molecule has 0 aromatic heterocycles. The molecule has 0 radical (unpaired) electrons. The zero-order valence-electron chi connectivity index (χ0n) is 7.59. The van der Waals surface area contributed by atoms with Gasteiger partial charge in [-0.1, -0.05) is 18.9 Å². The summed E-state index contributed by atoms with van der Waals surface area (Å²) >= 11 is 1.87. The van der Waals surface area contributed by atoms with Gasteiger partial charge in [-0.2, -0.15) is 0 Å². The van der Waals surface area contributed by atoms with Crippen LogP contribution in [0.4, 0.5) is 0 Å². The van der Waals surface area contributed by atoms with Crippen LogP contribution in [-0.4, -0.2) is 49.2 Å². The van der Waals surface area contributed by atoms with Crippen LogP contribution in [0.3, 0.4) is 0 Å². The Bertz CT molecular complexity index is 73.7. The fraction of sp³-hybridized carbons (Fsp3) is 1.00. The van der Waals surface area contributed by atoms with Crippen LogP contribution in [0.1, 0.15) is 6.92 Å². The first-order valence-corrected chi connectivity index (χ1v) is 4.35. The summed E-state index contributed by atoms with van der Waals surface area (Å²) in [5.74, 6) is 0. The van der Waals surface area contributed by atoms with Crippen molar-refractivity contribution in [3.8, 4) is 0 Å². The highest BCUT2D eigenvalue weighted by Crippen LogP contribution is 2.12. The molecule has 0 amide bonds. The van der Waals surface area contributed by atoms with E-state index in [0.717, 1.165) is 6.54 Å². The normalized spacial score (nSPS) is 14.7. The number of hydrogen-bond acceptors (Lipinski definition) is 3. The fourth-order valence-corrected chi connectivity index (χ4v) is 1.99. The lowest BCUT2D eigenvalue weighted by Crippen LogP contribution is -2.23. The van der Waals surface area contributed by atoms with E-state index in [4.69, 9.17) is 0 Å². The van der Waals surface area contributed by atoms with E-state index in [-0.39, 0.29) is 0 Å². The second kappa shape index (κ2) is 4.99. The molecule has 0 aliphatic carbocycles. The van der Waals surface area contributed by atoms with Crippen molar-refractivity contribution in [1.82, 2.24) is 9.21 Å². The third-order valence-corrected chi connectivity index (χ3v) is 1.94. The third-order valence-electron chi connectivity index (χ3n) is 1.01. The molecule has 0 saturated heterocycles. The second-order valence-electron chi connectivity index (χ2n) is 2.99. The van der Waals surface area contributed by atoms with Crippen molar-refractivity contribution in [2.75, 3.05) is 34.7 Å². The minimum Gasteiger partial charge on any atom is -0.308 e. The lowest BCUT2D eigenvalue weighted by molar-refractivity contribution is 0.411. The molecular formula is C7H18N2S. The van der Waals surface area contributed by atoms with E-state index in [1.54, 1.807) is 0 Å². The molecule has 0 rings (SSSR count). The lowest BCUT2D eigenvalue weighted by Gasteiger charge is -2.19. The van der Waals surface area contributed by atoms with Crippen molar-refractivity contribution in [2.24, 2.45) is 0 Å². The van der Waals surface area contributed by atoms with Gasteiger partial charge in [0, 0.05) is 11.8 Å². The van der Waals surface area contributed by atoms with Crippen LogP contribution in [0.15, 0.2) is 0 Å². The summed E-state index contributed by atoms with van der Waals surface area (Å²) in [7, 11) is 8.37. The van der Waals surface area contributed by atoms with E-state index >= 15 is 0 Å². The third kappa shape index (κ3) is 6.39. The Morgan fingerprint density at radius 1 is 1.20 bits per heavy atom. The highest BCUT2D eigenvalue weighted by molar-refractivity contribution is 7.97. The van der Waals surface area contributed by atoms with Gasteiger partial charge in [-0.3, -0.25) is 4.31 Å². The molecule has 10 heavy (non-hydrogen) atoms. The lowest BCUT2D eigenvalue weighted by atomic mass is 10.4. The summed E-state index contributed by atoms with van der Waals surface area (Å²) in [6.45, 7) is 3.38. The molecule has 0 aromatic rings. The molecule has 62 valence electrons. The van der Waals surface area contributed by atoms with Crippen molar-refractivity contribution in [3.05, 3.63) is 0 Å². The molecule has 0 heterocycles. The van der Waals surface area contributed by atoms with Crippen LogP contribution in [0.2, 0.25) is 0 Å². The zero-order valence-corrected chi connectivity index (χ0v) is 8.40. The summed E-state index contributed by atoms with van der Waals surface area (Å²) in [5.41, 5.74) is 0. The topological polar surface area (TPSA) is 6.48 Å². The predicted molar refractivity (Wildman–Crippen MR) is 49.3 cm³/mol. The van der Waals surface area contributed by atoms with Crippen LogP contribution < -0.4 is 0 Å². The molecule has 0 aliphatic rings. The first-order valence-electron chi connectivity index (χ1n) is 3.51. The van der Waals surface area contributed by atoms with Gasteiger partial charge in [0.05, 0.1) is 0 Å². The summed E-state index contributed by atoms with van der Waals surface area (Å²) in [6.07, 6.45) is 0.